The second kappa shape index (κ2) is 5.07. The van der Waals surface area contributed by atoms with Gasteiger partial charge in [-0.25, -0.2) is 4.79 Å². The van der Waals surface area contributed by atoms with Gasteiger partial charge in [-0.2, -0.15) is 11.8 Å². The molecule has 0 aliphatic carbocycles. The number of rotatable bonds is 4. The Bertz CT molecular complexity index is 361. The molecule has 0 bridgehead atoms. The highest BCUT2D eigenvalue weighted by molar-refractivity contribution is 7.99. The van der Waals surface area contributed by atoms with Crippen LogP contribution >= 0.6 is 11.8 Å². The van der Waals surface area contributed by atoms with Gasteiger partial charge in [-0.05, 0) is 22.9 Å². The first-order valence-corrected chi connectivity index (χ1v) is 5.72. The van der Waals surface area contributed by atoms with E-state index in [1.807, 2.05) is 0 Å². The maximum Gasteiger partial charge on any atom is 0.336 e. The van der Waals surface area contributed by atoms with Crippen molar-refractivity contribution < 1.29 is 15.0 Å². The summed E-state index contributed by atoms with van der Waals surface area (Å²) in [6.07, 6.45) is 0. The number of aromatic hydroxyl groups is 1. The number of carboxylic acid groups (broad SMARTS) is 1. The van der Waals surface area contributed by atoms with Crippen LogP contribution in [0.25, 0.3) is 0 Å². The summed E-state index contributed by atoms with van der Waals surface area (Å²) in [5.74, 6) is -0.351. The first-order valence-electron chi connectivity index (χ1n) is 4.67. The molecule has 0 saturated heterocycles. The highest BCUT2D eigenvalue weighted by atomic mass is 32.2. The van der Waals surface area contributed by atoms with Crippen LogP contribution in [0.15, 0.2) is 18.2 Å². The van der Waals surface area contributed by atoms with E-state index in [4.69, 9.17) is 5.11 Å². The van der Waals surface area contributed by atoms with E-state index in [1.165, 1.54) is 12.1 Å². The van der Waals surface area contributed by atoms with Crippen LogP contribution in [0.4, 0.5) is 0 Å². The van der Waals surface area contributed by atoms with E-state index in [0.29, 0.717) is 11.0 Å². The second-order valence-electron chi connectivity index (χ2n) is 3.51. The highest BCUT2D eigenvalue weighted by Crippen LogP contribution is 2.23. The molecule has 3 nitrogen and oxygen atoms in total. The van der Waals surface area contributed by atoms with Crippen LogP contribution in [0.1, 0.15) is 29.8 Å². The van der Waals surface area contributed by atoms with Crippen LogP contribution in [0, 0.1) is 0 Å². The lowest BCUT2D eigenvalue weighted by Crippen LogP contribution is -2.02. The number of phenols is 1. The van der Waals surface area contributed by atoms with Gasteiger partial charge in [0.1, 0.15) is 5.75 Å². The van der Waals surface area contributed by atoms with Gasteiger partial charge in [0.25, 0.3) is 0 Å². The Morgan fingerprint density at radius 3 is 2.67 bits per heavy atom. The van der Waals surface area contributed by atoms with Gasteiger partial charge in [0.2, 0.25) is 0 Å². The van der Waals surface area contributed by atoms with E-state index in [0.717, 1.165) is 5.56 Å². The molecule has 0 spiro atoms. The summed E-state index contributed by atoms with van der Waals surface area (Å²) in [7, 11) is 0. The van der Waals surface area contributed by atoms with Crippen molar-refractivity contribution in [2.45, 2.75) is 24.9 Å². The number of phenolic OH excluding ortho intramolecular Hbond substituents is 1. The Labute approximate surface area is 93.1 Å². The number of hydrogen-bond acceptors (Lipinski definition) is 3. The average molecular weight is 226 g/mol. The summed E-state index contributed by atoms with van der Waals surface area (Å²) >= 11 is 1.68. The molecule has 15 heavy (non-hydrogen) atoms. The van der Waals surface area contributed by atoms with Gasteiger partial charge in [0, 0.05) is 5.75 Å². The quantitative estimate of drug-likeness (QED) is 0.828. The molecule has 0 aliphatic heterocycles. The van der Waals surface area contributed by atoms with E-state index in [-0.39, 0.29) is 11.3 Å². The van der Waals surface area contributed by atoms with Gasteiger partial charge in [0.15, 0.2) is 0 Å². The molecule has 0 aliphatic rings. The number of carbonyl (C=O) groups is 1. The largest absolute Gasteiger partial charge is 0.508 e. The normalized spacial score (nSPS) is 10.6. The van der Waals surface area contributed by atoms with Gasteiger partial charge in [-0.1, -0.05) is 19.9 Å². The maximum absolute atomic E-state index is 10.9. The Hall–Kier alpha value is -1.16. The summed E-state index contributed by atoms with van der Waals surface area (Å²) in [4.78, 5) is 10.9. The molecule has 1 rings (SSSR count). The Morgan fingerprint density at radius 1 is 1.47 bits per heavy atom. The third kappa shape index (κ3) is 3.47. The summed E-state index contributed by atoms with van der Waals surface area (Å²) in [6, 6.07) is 4.47. The number of hydrogen-bond donors (Lipinski definition) is 2. The fourth-order valence-electron chi connectivity index (χ4n) is 1.15. The van der Waals surface area contributed by atoms with Crippen molar-refractivity contribution in [3.63, 3.8) is 0 Å². The van der Waals surface area contributed by atoms with Crippen LogP contribution in [0.5, 0.6) is 5.75 Å². The monoisotopic (exact) mass is 226 g/mol. The van der Waals surface area contributed by atoms with Crippen LogP contribution in [0.2, 0.25) is 0 Å². The molecule has 1 aromatic rings. The second-order valence-corrected chi connectivity index (χ2v) is 5.07. The molecule has 4 heteroatoms. The third-order valence-electron chi connectivity index (χ3n) is 1.90. The zero-order valence-corrected chi connectivity index (χ0v) is 9.54. The molecule has 0 amide bonds. The zero-order chi connectivity index (χ0) is 11.4. The van der Waals surface area contributed by atoms with E-state index in [1.54, 1.807) is 17.8 Å². The van der Waals surface area contributed by atoms with Crippen molar-refractivity contribution >= 4 is 17.7 Å². The average Bonchev–Trinajstić information content (AvgIpc) is 2.15. The molecule has 1 aromatic carbocycles. The molecular formula is C11H14O3S. The topological polar surface area (TPSA) is 57.5 Å². The lowest BCUT2D eigenvalue weighted by molar-refractivity contribution is 0.0695. The van der Waals surface area contributed by atoms with Crippen molar-refractivity contribution in [1.82, 2.24) is 0 Å². The summed E-state index contributed by atoms with van der Waals surface area (Å²) in [5, 5.41) is 18.6. The molecule has 0 fully saturated rings. The number of carboxylic acids is 1. The van der Waals surface area contributed by atoms with Crippen molar-refractivity contribution in [2.75, 3.05) is 0 Å². The van der Waals surface area contributed by atoms with Gasteiger partial charge in [0.05, 0.1) is 5.56 Å². The minimum atomic E-state index is -0.995. The molecular weight excluding hydrogens is 212 g/mol. The molecule has 0 aromatic heterocycles. The fraction of sp³-hybridized carbons (Fsp3) is 0.364. The first-order chi connectivity index (χ1) is 7.00. The Balaban J connectivity index is 2.91. The predicted molar refractivity (Wildman–Crippen MR) is 61.5 cm³/mol. The van der Waals surface area contributed by atoms with E-state index in [9.17, 15) is 9.90 Å². The molecule has 82 valence electrons. The van der Waals surface area contributed by atoms with E-state index >= 15 is 0 Å². The maximum atomic E-state index is 10.9. The van der Waals surface area contributed by atoms with Crippen LogP contribution in [0.3, 0.4) is 0 Å². The molecule has 0 saturated carbocycles. The van der Waals surface area contributed by atoms with Crippen LogP contribution in [-0.4, -0.2) is 21.4 Å². The molecule has 0 heterocycles. The lowest BCUT2D eigenvalue weighted by Gasteiger charge is -2.08. The highest BCUT2D eigenvalue weighted by Gasteiger charge is 2.11. The van der Waals surface area contributed by atoms with E-state index in [2.05, 4.69) is 13.8 Å². The molecule has 0 atom stereocenters. The third-order valence-corrected chi connectivity index (χ3v) is 3.04. The minimum absolute atomic E-state index is 0.00861. The first kappa shape index (κ1) is 11.9. The fourth-order valence-corrected chi connectivity index (χ4v) is 1.91. The zero-order valence-electron chi connectivity index (χ0n) is 8.73. The van der Waals surface area contributed by atoms with Gasteiger partial charge >= 0.3 is 5.97 Å². The molecule has 2 N–H and O–H groups in total. The predicted octanol–water partition coefficient (Wildman–Crippen LogP) is 2.73. The minimum Gasteiger partial charge on any atom is -0.508 e. The van der Waals surface area contributed by atoms with Crippen molar-refractivity contribution in [3.05, 3.63) is 29.3 Å². The Morgan fingerprint density at radius 2 is 2.13 bits per heavy atom. The molecule has 0 radical (unpaired) electrons. The van der Waals surface area contributed by atoms with Gasteiger partial charge in [-0.3, -0.25) is 0 Å². The van der Waals surface area contributed by atoms with Crippen LogP contribution in [-0.2, 0) is 5.75 Å². The SMILES string of the molecule is CC(C)SCc1ccc(O)cc1C(=O)O. The van der Waals surface area contributed by atoms with Crippen molar-refractivity contribution in [1.29, 1.82) is 0 Å². The number of benzene rings is 1. The van der Waals surface area contributed by atoms with Crippen LogP contribution < -0.4 is 0 Å². The summed E-state index contributed by atoms with van der Waals surface area (Å²) < 4.78 is 0. The van der Waals surface area contributed by atoms with Gasteiger partial charge < -0.3 is 10.2 Å². The van der Waals surface area contributed by atoms with Crippen molar-refractivity contribution in [2.24, 2.45) is 0 Å². The van der Waals surface area contributed by atoms with Crippen molar-refractivity contribution in [3.8, 4) is 5.75 Å². The van der Waals surface area contributed by atoms with E-state index < -0.39 is 5.97 Å². The Kier molecular flexibility index (Phi) is 4.03. The lowest BCUT2D eigenvalue weighted by atomic mass is 10.1. The number of thioether (sulfide) groups is 1. The standard InChI is InChI=1S/C11H14O3S/c1-7(2)15-6-8-3-4-9(12)5-10(8)11(13)14/h3-5,7,12H,6H2,1-2H3,(H,13,14). The summed E-state index contributed by atoms with van der Waals surface area (Å²) in [6.45, 7) is 4.12. The smallest absolute Gasteiger partial charge is 0.336 e. The van der Waals surface area contributed by atoms with Gasteiger partial charge in [-0.15, -0.1) is 0 Å². The summed E-state index contributed by atoms with van der Waals surface area (Å²) in [5.41, 5.74) is 0.933. The number of aromatic carboxylic acids is 1. The molecule has 0 unspecified atom stereocenters.